The number of phenols is 1. The third-order valence-corrected chi connectivity index (χ3v) is 2.81. The minimum Gasteiger partial charge on any atom is -0.504 e. The van der Waals surface area contributed by atoms with Crippen LogP contribution in [0.1, 0.15) is 32.3 Å². The van der Waals surface area contributed by atoms with Gasteiger partial charge in [-0.25, -0.2) is 0 Å². The summed E-state index contributed by atoms with van der Waals surface area (Å²) in [6.07, 6.45) is 3.37. The molecular weight excluding hydrogens is 214 g/mol. The molecule has 1 atom stereocenters. The summed E-state index contributed by atoms with van der Waals surface area (Å²) in [5.74, 6) is 0.742. The van der Waals surface area contributed by atoms with Crippen LogP contribution in [0.2, 0.25) is 0 Å². The number of methoxy groups -OCH3 is 1. The fourth-order valence-corrected chi connectivity index (χ4v) is 1.80. The largest absolute Gasteiger partial charge is 0.504 e. The van der Waals surface area contributed by atoms with Gasteiger partial charge < -0.3 is 15.2 Å². The zero-order valence-electron chi connectivity index (χ0n) is 11.0. The standard InChI is InChI=1S/C14H23NO2/c1-4-5-8-15-11(2)9-12-6-7-13(16)14(10-12)17-3/h6-7,10-11,15-16H,4-5,8-9H2,1-3H3/t11-/m1/s1. The zero-order valence-corrected chi connectivity index (χ0v) is 11.0. The number of ether oxygens (including phenoxy) is 1. The number of nitrogens with one attached hydrogen (secondary N) is 1. The third-order valence-electron chi connectivity index (χ3n) is 2.81. The summed E-state index contributed by atoms with van der Waals surface area (Å²) < 4.78 is 5.10. The molecule has 1 aromatic rings. The molecule has 0 heterocycles. The van der Waals surface area contributed by atoms with E-state index in [0.29, 0.717) is 11.8 Å². The first kappa shape index (κ1) is 13.8. The second kappa shape index (κ2) is 7.17. The highest BCUT2D eigenvalue weighted by Crippen LogP contribution is 2.26. The fraction of sp³-hybridized carbons (Fsp3) is 0.571. The highest BCUT2D eigenvalue weighted by molar-refractivity contribution is 5.41. The SMILES string of the molecule is CCCCN[C@H](C)Cc1ccc(O)c(OC)c1. The average Bonchev–Trinajstić information content (AvgIpc) is 2.32. The van der Waals surface area contributed by atoms with Gasteiger partial charge in [0.05, 0.1) is 7.11 Å². The Morgan fingerprint density at radius 3 is 2.82 bits per heavy atom. The monoisotopic (exact) mass is 237 g/mol. The fourth-order valence-electron chi connectivity index (χ4n) is 1.80. The van der Waals surface area contributed by atoms with Gasteiger partial charge in [0.15, 0.2) is 11.5 Å². The molecule has 3 nitrogen and oxygen atoms in total. The first-order valence-corrected chi connectivity index (χ1v) is 6.26. The second-order valence-corrected chi connectivity index (χ2v) is 4.42. The Morgan fingerprint density at radius 2 is 2.18 bits per heavy atom. The van der Waals surface area contributed by atoms with E-state index in [-0.39, 0.29) is 5.75 Å². The Hall–Kier alpha value is -1.22. The summed E-state index contributed by atoms with van der Waals surface area (Å²) in [5, 5.41) is 13.0. The van der Waals surface area contributed by atoms with Crippen LogP contribution in [0.25, 0.3) is 0 Å². The van der Waals surface area contributed by atoms with E-state index < -0.39 is 0 Å². The van der Waals surface area contributed by atoms with Crippen LogP contribution in [-0.2, 0) is 6.42 Å². The van der Waals surface area contributed by atoms with Crippen molar-refractivity contribution in [3.8, 4) is 11.5 Å². The summed E-state index contributed by atoms with van der Waals surface area (Å²) in [6.45, 7) is 5.43. The number of phenolic OH excluding ortho intramolecular Hbond substituents is 1. The second-order valence-electron chi connectivity index (χ2n) is 4.42. The van der Waals surface area contributed by atoms with Crippen molar-refractivity contribution < 1.29 is 9.84 Å². The predicted octanol–water partition coefficient (Wildman–Crippen LogP) is 2.72. The Kier molecular flexibility index (Phi) is 5.84. The predicted molar refractivity (Wildman–Crippen MR) is 70.7 cm³/mol. The van der Waals surface area contributed by atoms with Crippen LogP contribution in [0.15, 0.2) is 18.2 Å². The quantitative estimate of drug-likeness (QED) is 0.716. The van der Waals surface area contributed by atoms with Crippen molar-refractivity contribution in [3.05, 3.63) is 23.8 Å². The van der Waals surface area contributed by atoms with Gasteiger partial charge in [0, 0.05) is 6.04 Å². The molecule has 2 N–H and O–H groups in total. The molecule has 0 radical (unpaired) electrons. The van der Waals surface area contributed by atoms with Crippen LogP contribution in [0, 0.1) is 0 Å². The number of rotatable bonds is 7. The zero-order chi connectivity index (χ0) is 12.7. The van der Waals surface area contributed by atoms with E-state index in [1.165, 1.54) is 18.4 Å². The van der Waals surface area contributed by atoms with Gasteiger partial charge in [0.2, 0.25) is 0 Å². The molecule has 0 bridgehead atoms. The summed E-state index contributed by atoms with van der Waals surface area (Å²) in [5.41, 5.74) is 1.18. The molecule has 0 aliphatic rings. The lowest BCUT2D eigenvalue weighted by Crippen LogP contribution is -2.28. The smallest absolute Gasteiger partial charge is 0.160 e. The van der Waals surface area contributed by atoms with E-state index in [9.17, 15) is 5.11 Å². The highest BCUT2D eigenvalue weighted by atomic mass is 16.5. The Balaban J connectivity index is 2.50. The molecular formula is C14H23NO2. The molecule has 1 rings (SSSR count). The van der Waals surface area contributed by atoms with Crippen molar-refractivity contribution in [3.63, 3.8) is 0 Å². The van der Waals surface area contributed by atoms with E-state index in [1.807, 2.05) is 12.1 Å². The summed E-state index contributed by atoms with van der Waals surface area (Å²) in [7, 11) is 1.57. The Morgan fingerprint density at radius 1 is 1.41 bits per heavy atom. The van der Waals surface area contributed by atoms with Crippen LogP contribution < -0.4 is 10.1 Å². The molecule has 3 heteroatoms. The lowest BCUT2D eigenvalue weighted by atomic mass is 10.1. The van der Waals surface area contributed by atoms with Crippen molar-refractivity contribution in [1.29, 1.82) is 0 Å². The summed E-state index contributed by atoms with van der Waals surface area (Å²) in [4.78, 5) is 0. The minimum atomic E-state index is 0.197. The van der Waals surface area contributed by atoms with E-state index >= 15 is 0 Å². The van der Waals surface area contributed by atoms with Gasteiger partial charge in [-0.05, 0) is 44.0 Å². The number of benzene rings is 1. The number of aromatic hydroxyl groups is 1. The summed E-state index contributed by atoms with van der Waals surface area (Å²) in [6, 6.07) is 5.96. The van der Waals surface area contributed by atoms with Crippen LogP contribution in [0.5, 0.6) is 11.5 Å². The van der Waals surface area contributed by atoms with Crippen LogP contribution in [0.3, 0.4) is 0 Å². The first-order chi connectivity index (χ1) is 8.17. The Bertz CT molecular complexity index is 339. The lowest BCUT2D eigenvalue weighted by molar-refractivity contribution is 0.372. The molecule has 0 aliphatic heterocycles. The van der Waals surface area contributed by atoms with Gasteiger partial charge in [-0.3, -0.25) is 0 Å². The molecule has 0 fully saturated rings. The van der Waals surface area contributed by atoms with Crippen LogP contribution in [-0.4, -0.2) is 24.8 Å². The molecule has 0 spiro atoms. The number of hydrogen-bond acceptors (Lipinski definition) is 3. The van der Waals surface area contributed by atoms with E-state index in [0.717, 1.165) is 13.0 Å². The normalized spacial score (nSPS) is 12.4. The first-order valence-electron chi connectivity index (χ1n) is 6.26. The molecule has 17 heavy (non-hydrogen) atoms. The van der Waals surface area contributed by atoms with Gasteiger partial charge in [0.25, 0.3) is 0 Å². The maximum Gasteiger partial charge on any atom is 0.160 e. The third kappa shape index (κ3) is 4.65. The van der Waals surface area contributed by atoms with E-state index in [2.05, 4.69) is 19.2 Å². The number of unbranched alkanes of at least 4 members (excludes halogenated alkanes) is 1. The highest BCUT2D eigenvalue weighted by Gasteiger charge is 2.06. The molecule has 0 saturated carbocycles. The van der Waals surface area contributed by atoms with Crippen molar-refractivity contribution in [1.82, 2.24) is 5.32 Å². The molecule has 0 aromatic heterocycles. The molecule has 0 aliphatic carbocycles. The molecule has 0 saturated heterocycles. The topological polar surface area (TPSA) is 41.5 Å². The van der Waals surface area contributed by atoms with Crippen LogP contribution in [0.4, 0.5) is 0 Å². The van der Waals surface area contributed by atoms with Crippen molar-refractivity contribution in [2.75, 3.05) is 13.7 Å². The maximum absolute atomic E-state index is 9.50. The van der Waals surface area contributed by atoms with Gasteiger partial charge in [0.1, 0.15) is 0 Å². The van der Waals surface area contributed by atoms with E-state index in [4.69, 9.17) is 4.74 Å². The van der Waals surface area contributed by atoms with Gasteiger partial charge in [-0.15, -0.1) is 0 Å². The minimum absolute atomic E-state index is 0.197. The van der Waals surface area contributed by atoms with Gasteiger partial charge in [-0.2, -0.15) is 0 Å². The van der Waals surface area contributed by atoms with Crippen molar-refractivity contribution in [2.45, 2.75) is 39.2 Å². The number of hydrogen-bond donors (Lipinski definition) is 2. The van der Waals surface area contributed by atoms with E-state index in [1.54, 1.807) is 13.2 Å². The lowest BCUT2D eigenvalue weighted by Gasteiger charge is -2.14. The molecule has 96 valence electrons. The van der Waals surface area contributed by atoms with Gasteiger partial charge >= 0.3 is 0 Å². The Labute approximate surface area is 104 Å². The average molecular weight is 237 g/mol. The van der Waals surface area contributed by atoms with Gasteiger partial charge in [-0.1, -0.05) is 19.4 Å². The van der Waals surface area contributed by atoms with Crippen molar-refractivity contribution >= 4 is 0 Å². The summed E-state index contributed by atoms with van der Waals surface area (Å²) >= 11 is 0. The van der Waals surface area contributed by atoms with Crippen molar-refractivity contribution in [2.24, 2.45) is 0 Å². The molecule has 1 aromatic carbocycles. The van der Waals surface area contributed by atoms with Crippen LogP contribution >= 0.6 is 0 Å². The maximum atomic E-state index is 9.50. The molecule has 0 amide bonds. The molecule has 0 unspecified atom stereocenters.